The summed E-state index contributed by atoms with van der Waals surface area (Å²) < 4.78 is 51.2. The number of carbonyl (C=O) groups is 1. The lowest BCUT2D eigenvalue weighted by Gasteiger charge is -2.11. The number of benzene rings is 1. The van der Waals surface area contributed by atoms with Crippen LogP contribution in [0.4, 0.5) is 17.6 Å². The molecule has 0 fully saturated rings. The zero-order valence-corrected chi connectivity index (χ0v) is 10.7. The maximum absolute atomic E-state index is 13.3. The molecule has 1 rings (SSSR count). The van der Waals surface area contributed by atoms with Gasteiger partial charge in [0.1, 0.15) is 3.92 Å². The van der Waals surface area contributed by atoms with Gasteiger partial charge in [0.05, 0.1) is 0 Å². The standard InChI is InChI=1S/C10H7F4IO2/c1-3-4(2-5(15)10(16)17)7(12)9(14)8(13)6(3)11/h5H,2H2,1H3,(H,16,17). The normalized spacial score (nSPS) is 12.6. The van der Waals surface area contributed by atoms with Gasteiger partial charge in [-0.25, -0.2) is 17.6 Å². The Balaban J connectivity index is 3.30. The minimum absolute atomic E-state index is 0.413. The van der Waals surface area contributed by atoms with Crippen molar-refractivity contribution in [3.63, 3.8) is 0 Å². The van der Waals surface area contributed by atoms with Crippen LogP contribution in [0.1, 0.15) is 11.1 Å². The molecule has 94 valence electrons. The highest BCUT2D eigenvalue weighted by molar-refractivity contribution is 14.1. The van der Waals surface area contributed by atoms with Crippen LogP contribution in [0, 0.1) is 30.2 Å². The molecule has 1 aromatic carbocycles. The molecule has 1 unspecified atom stereocenters. The fraction of sp³-hybridized carbons (Fsp3) is 0.300. The Hall–Kier alpha value is -0.860. The summed E-state index contributed by atoms with van der Waals surface area (Å²) in [4.78, 5) is 10.6. The minimum atomic E-state index is -1.92. The van der Waals surface area contributed by atoms with Gasteiger partial charge in [-0.2, -0.15) is 0 Å². The molecule has 0 saturated heterocycles. The van der Waals surface area contributed by atoms with Crippen LogP contribution >= 0.6 is 22.6 Å². The minimum Gasteiger partial charge on any atom is -0.480 e. The van der Waals surface area contributed by atoms with Gasteiger partial charge in [-0.05, 0) is 24.5 Å². The summed E-state index contributed by atoms with van der Waals surface area (Å²) in [5.74, 6) is -8.08. The summed E-state index contributed by atoms with van der Waals surface area (Å²) in [5.41, 5.74) is -0.868. The van der Waals surface area contributed by atoms with E-state index in [1.54, 1.807) is 0 Å². The van der Waals surface area contributed by atoms with Crippen molar-refractivity contribution in [3.8, 4) is 0 Å². The van der Waals surface area contributed by atoms with Crippen LogP contribution in [-0.4, -0.2) is 15.0 Å². The highest BCUT2D eigenvalue weighted by Crippen LogP contribution is 2.25. The van der Waals surface area contributed by atoms with E-state index in [1.807, 2.05) is 0 Å². The van der Waals surface area contributed by atoms with Crippen molar-refractivity contribution in [2.24, 2.45) is 0 Å². The van der Waals surface area contributed by atoms with Crippen LogP contribution in [0.15, 0.2) is 0 Å². The lowest BCUT2D eigenvalue weighted by Crippen LogP contribution is -2.18. The predicted molar refractivity (Wildman–Crippen MR) is 60.2 cm³/mol. The topological polar surface area (TPSA) is 37.3 Å². The first-order valence-corrected chi connectivity index (χ1v) is 5.70. The van der Waals surface area contributed by atoms with Crippen LogP contribution in [0.2, 0.25) is 0 Å². The summed E-state index contributed by atoms with van der Waals surface area (Å²) >= 11 is 1.50. The fourth-order valence-electron chi connectivity index (χ4n) is 1.30. The highest BCUT2D eigenvalue weighted by Gasteiger charge is 2.25. The number of halogens is 5. The summed E-state index contributed by atoms with van der Waals surface area (Å²) in [5, 5.41) is 8.63. The molecule has 1 N–H and O–H groups in total. The monoisotopic (exact) mass is 362 g/mol. The molecule has 0 spiro atoms. The number of carboxylic acid groups (broad SMARTS) is 1. The van der Waals surface area contributed by atoms with E-state index < -0.39 is 50.7 Å². The molecule has 0 aliphatic heterocycles. The first-order valence-electron chi connectivity index (χ1n) is 4.45. The average molecular weight is 362 g/mol. The number of hydrogen-bond acceptors (Lipinski definition) is 1. The zero-order valence-electron chi connectivity index (χ0n) is 8.53. The Kier molecular flexibility index (Phi) is 4.34. The first-order chi connectivity index (χ1) is 7.77. The summed E-state index contributed by atoms with van der Waals surface area (Å²) in [7, 11) is 0. The van der Waals surface area contributed by atoms with Gasteiger partial charge in [-0.1, -0.05) is 22.6 Å². The Labute approximate surface area is 108 Å². The van der Waals surface area contributed by atoms with Crippen molar-refractivity contribution in [1.29, 1.82) is 0 Å². The smallest absolute Gasteiger partial charge is 0.316 e. The molecule has 2 nitrogen and oxygen atoms in total. The molecule has 0 aliphatic rings. The van der Waals surface area contributed by atoms with Gasteiger partial charge in [0.15, 0.2) is 23.3 Å². The zero-order chi connectivity index (χ0) is 13.3. The third kappa shape index (κ3) is 2.70. The Bertz CT molecular complexity index is 447. The van der Waals surface area contributed by atoms with Crippen molar-refractivity contribution in [1.82, 2.24) is 0 Å². The van der Waals surface area contributed by atoms with Crippen LogP contribution in [0.25, 0.3) is 0 Å². The number of rotatable bonds is 3. The Morgan fingerprint density at radius 3 is 2.12 bits per heavy atom. The molecule has 17 heavy (non-hydrogen) atoms. The third-order valence-electron chi connectivity index (χ3n) is 2.28. The maximum Gasteiger partial charge on any atom is 0.316 e. The van der Waals surface area contributed by atoms with Gasteiger partial charge in [-0.15, -0.1) is 0 Å². The lowest BCUT2D eigenvalue weighted by molar-refractivity contribution is -0.135. The largest absolute Gasteiger partial charge is 0.480 e. The Morgan fingerprint density at radius 2 is 1.65 bits per heavy atom. The third-order valence-corrected chi connectivity index (χ3v) is 3.25. The van der Waals surface area contributed by atoms with Crippen molar-refractivity contribution < 1.29 is 27.5 Å². The average Bonchev–Trinajstić information content (AvgIpc) is 2.29. The Morgan fingerprint density at radius 1 is 1.18 bits per heavy atom. The van der Waals surface area contributed by atoms with Crippen molar-refractivity contribution in [2.45, 2.75) is 17.3 Å². The van der Waals surface area contributed by atoms with Gasteiger partial charge in [0, 0.05) is 0 Å². The molecule has 0 radical (unpaired) electrons. The van der Waals surface area contributed by atoms with Crippen molar-refractivity contribution in [3.05, 3.63) is 34.4 Å². The van der Waals surface area contributed by atoms with E-state index in [1.165, 1.54) is 22.6 Å². The number of aliphatic carboxylic acids is 1. The molecule has 1 aromatic rings. The molecule has 7 heteroatoms. The molecular formula is C10H7F4IO2. The SMILES string of the molecule is Cc1c(F)c(F)c(F)c(F)c1CC(I)C(=O)O. The van der Waals surface area contributed by atoms with Crippen LogP contribution < -0.4 is 0 Å². The van der Waals surface area contributed by atoms with Crippen molar-refractivity contribution in [2.75, 3.05) is 0 Å². The second-order valence-electron chi connectivity index (χ2n) is 3.37. The van der Waals surface area contributed by atoms with Crippen LogP contribution in [-0.2, 0) is 11.2 Å². The second kappa shape index (κ2) is 5.19. The fourth-order valence-corrected chi connectivity index (χ4v) is 1.74. The van der Waals surface area contributed by atoms with E-state index in [2.05, 4.69) is 0 Å². The molecule has 1 atom stereocenters. The highest BCUT2D eigenvalue weighted by atomic mass is 127. The lowest BCUT2D eigenvalue weighted by atomic mass is 10.0. The maximum atomic E-state index is 13.3. The van der Waals surface area contributed by atoms with E-state index in [0.717, 1.165) is 6.92 Å². The van der Waals surface area contributed by atoms with Crippen LogP contribution in [0.5, 0.6) is 0 Å². The summed E-state index contributed by atoms with van der Waals surface area (Å²) in [6.45, 7) is 1.07. The molecule has 0 bridgehead atoms. The van der Waals surface area contributed by atoms with E-state index >= 15 is 0 Å². The van der Waals surface area contributed by atoms with Crippen LogP contribution in [0.3, 0.4) is 0 Å². The van der Waals surface area contributed by atoms with E-state index in [0.29, 0.717) is 0 Å². The quantitative estimate of drug-likeness (QED) is 0.295. The summed E-state index contributed by atoms with van der Waals surface area (Å²) in [6.07, 6.45) is -0.415. The van der Waals surface area contributed by atoms with Gasteiger partial charge >= 0.3 is 5.97 Å². The number of alkyl halides is 1. The van der Waals surface area contributed by atoms with Gasteiger partial charge in [-0.3, -0.25) is 4.79 Å². The number of hydrogen-bond donors (Lipinski definition) is 1. The molecule has 0 amide bonds. The molecule has 0 aromatic heterocycles. The first kappa shape index (κ1) is 14.2. The van der Waals surface area contributed by atoms with Gasteiger partial charge in [0.2, 0.25) is 0 Å². The van der Waals surface area contributed by atoms with Gasteiger partial charge < -0.3 is 5.11 Å². The van der Waals surface area contributed by atoms with E-state index in [4.69, 9.17) is 5.11 Å². The molecule has 0 aliphatic carbocycles. The molecule has 0 heterocycles. The second-order valence-corrected chi connectivity index (χ2v) is 4.87. The molecular weight excluding hydrogens is 355 g/mol. The predicted octanol–water partition coefficient (Wildman–Crippen LogP) is 2.98. The van der Waals surface area contributed by atoms with Crippen molar-refractivity contribution >= 4 is 28.6 Å². The summed E-state index contributed by atoms with van der Waals surface area (Å²) in [6, 6.07) is 0. The number of carboxylic acids is 1. The van der Waals surface area contributed by atoms with E-state index in [9.17, 15) is 22.4 Å². The van der Waals surface area contributed by atoms with Gasteiger partial charge in [0.25, 0.3) is 0 Å². The molecule has 0 saturated carbocycles. The van der Waals surface area contributed by atoms with E-state index in [-0.39, 0.29) is 0 Å².